The van der Waals surface area contributed by atoms with Crippen LogP contribution < -0.4 is 5.32 Å². The molecule has 0 aliphatic carbocycles. The number of hydrogen-bond donors (Lipinski definition) is 3. The van der Waals surface area contributed by atoms with Crippen molar-refractivity contribution in [2.24, 2.45) is 0 Å². The molecule has 0 saturated carbocycles. The summed E-state index contributed by atoms with van der Waals surface area (Å²) >= 11 is 0. The van der Waals surface area contributed by atoms with Gasteiger partial charge in [-0.25, -0.2) is 4.79 Å². The maximum absolute atomic E-state index is 12.3. The van der Waals surface area contributed by atoms with Crippen LogP contribution in [0, 0.1) is 0 Å². The van der Waals surface area contributed by atoms with Crippen LogP contribution in [0.4, 0.5) is 0 Å². The third-order valence-electron chi connectivity index (χ3n) is 3.48. The predicted molar refractivity (Wildman–Crippen MR) is 82.9 cm³/mol. The lowest BCUT2D eigenvalue weighted by Crippen LogP contribution is -2.32. The molecule has 0 fully saturated rings. The first-order chi connectivity index (χ1) is 10.5. The molecule has 2 atom stereocenters. The SMILES string of the molecule is CN[C@H](C)[C@H](OC(=O)c1ccc(O)c(O)c1)c1ccccc1. The number of hydrogen-bond acceptors (Lipinski definition) is 5. The molecular formula is C17H19NO4. The van der Waals surface area contributed by atoms with Gasteiger partial charge in [-0.15, -0.1) is 0 Å². The lowest BCUT2D eigenvalue weighted by Gasteiger charge is -2.24. The van der Waals surface area contributed by atoms with Gasteiger partial charge in [-0.3, -0.25) is 0 Å². The van der Waals surface area contributed by atoms with E-state index < -0.39 is 12.1 Å². The maximum Gasteiger partial charge on any atom is 0.338 e. The van der Waals surface area contributed by atoms with Gasteiger partial charge in [0.15, 0.2) is 11.5 Å². The fourth-order valence-electron chi connectivity index (χ4n) is 2.09. The number of esters is 1. The van der Waals surface area contributed by atoms with Crippen molar-refractivity contribution in [2.75, 3.05) is 7.05 Å². The van der Waals surface area contributed by atoms with Gasteiger partial charge in [0.2, 0.25) is 0 Å². The zero-order valence-corrected chi connectivity index (χ0v) is 12.5. The summed E-state index contributed by atoms with van der Waals surface area (Å²) < 4.78 is 5.58. The lowest BCUT2D eigenvalue weighted by atomic mass is 10.0. The van der Waals surface area contributed by atoms with Crippen LogP contribution in [0.15, 0.2) is 48.5 Å². The zero-order chi connectivity index (χ0) is 16.1. The monoisotopic (exact) mass is 301 g/mol. The standard InChI is InChI=1S/C17H19NO4/c1-11(18-2)16(12-6-4-3-5-7-12)22-17(21)13-8-9-14(19)15(20)10-13/h3-11,16,18-20H,1-2H3/t11-,16+/m1/s1. The zero-order valence-electron chi connectivity index (χ0n) is 12.5. The van der Waals surface area contributed by atoms with E-state index in [0.29, 0.717) is 0 Å². The molecule has 0 spiro atoms. The summed E-state index contributed by atoms with van der Waals surface area (Å²) in [6.45, 7) is 1.92. The Morgan fingerprint density at radius 2 is 1.77 bits per heavy atom. The Kier molecular flexibility index (Phi) is 5.01. The van der Waals surface area contributed by atoms with Gasteiger partial charge in [-0.1, -0.05) is 30.3 Å². The molecule has 0 amide bonds. The molecule has 0 bridgehead atoms. The second-order valence-corrected chi connectivity index (χ2v) is 5.02. The van der Waals surface area contributed by atoms with E-state index in [1.54, 1.807) is 7.05 Å². The van der Waals surface area contributed by atoms with Gasteiger partial charge in [0.1, 0.15) is 6.10 Å². The van der Waals surface area contributed by atoms with E-state index in [1.807, 2.05) is 37.3 Å². The first-order valence-electron chi connectivity index (χ1n) is 6.98. The number of benzene rings is 2. The van der Waals surface area contributed by atoms with Crippen LogP contribution in [0.1, 0.15) is 28.9 Å². The summed E-state index contributed by atoms with van der Waals surface area (Å²) in [5, 5.41) is 21.9. The third-order valence-corrected chi connectivity index (χ3v) is 3.48. The van der Waals surface area contributed by atoms with Crippen molar-refractivity contribution in [1.82, 2.24) is 5.32 Å². The largest absolute Gasteiger partial charge is 0.504 e. The summed E-state index contributed by atoms with van der Waals surface area (Å²) in [6, 6.07) is 13.2. The highest BCUT2D eigenvalue weighted by Crippen LogP contribution is 2.27. The van der Waals surface area contributed by atoms with Crippen molar-refractivity contribution in [3.63, 3.8) is 0 Å². The highest BCUT2D eigenvalue weighted by atomic mass is 16.5. The molecular weight excluding hydrogens is 282 g/mol. The van der Waals surface area contributed by atoms with Gasteiger partial charge in [0.05, 0.1) is 5.56 Å². The second-order valence-electron chi connectivity index (χ2n) is 5.02. The minimum absolute atomic E-state index is 0.0861. The molecule has 2 rings (SSSR count). The fraction of sp³-hybridized carbons (Fsp3) is 0.235. The van der Waals surface area contributed by atoms with Crippen LogP contribution >= 0.6 is 0 Å². The van der Waals surface area contributed by atoms with Gasteiger partial charge < -0.3 is 20.3 Å². The number of carbonyl (C=O) groups excluding carboxylic acids is 1. The van der Waals surface area contributed by atoms with E-state index in [4.69, 9.17) is 4.74 Å². The minimum Gasteiger partial charge on any atom is -0.504 e. The quantitative estimate of drug-likeness (QED) is 0.584. The number of rotatable bonds is 5. The number of carbonyl (C=O) groups is 1. The van der Waals surface area contributed by atoms with Crippen molar-refractivity contribution in [1.29, 1.82) is 0 Å². The summed E-state index contributed by atoms with van der Waals surface area (Å²) in [5.74, 6) is -1.20. The van der Waals surface area contributed by atoms with E-state index in [-0.39, 0.29) is 23.1 Å². The van der Waals surface area contributed by atoms with Crippen molar-refractivity contribution in [2.45, 2.75) is 19.1 Å². The number of phenolic OH excluding ortho intramolecular Hbond substituents is 2. The Morgan fingerprint density at radius 3 is 2.36 bits per heavy atom. The van der Waals surface area contributed by atoms with Crippen LogP contribution in [-0.2, 0) is 4.74 Å². The summed E-state index contributed by atoms with van der Waals surface area (Å²) in [4.78, 5) is 12.3. The average molecular weight is 301 g/mol. The normalized spacial score (nSPS) is 13.4. The smallest absolute Gasteiger partial charge is 0.338 e. The highest BCUT2D eigenvalue weighted by Gasteiger charge is 2.23. The second kappa shape index (κ2) is 6.95. The highest BCUT2D eigenvalue weighted by molar-refractivity contribution is 5.90. The van der Waals surface area contributed by atoms with Crippen LogP contribution in [0.3, 0.4) is 0 Å². The molecule has 5 heteroatoms. The molecule has 2 aromatic rings. The minimum atomic E-state index is -0.564. The summed E-state index contributed by atoms with van der Waals surface area (Å²) in [7, 11) is 1.79. The van der Waals surface area contributed by atoms with Crippen molar-refractivity contribution >= 4 is 5.97 Å². The van der Waals surface area contributed by atoms with Crippen LogP contribution in [0.5, 0.6) is 11.5 Å². The van der Waals surface area contributed by atoms with E-state index in [2.05, 4.69) is 5.32 Å². The Morgan fingerprint density at radius 1 is 1.09 bits per heavy atom. The third kappa shape index (κ3) is 3.56. The van der Waals surface area contributed by atoms with Crippen LogP contribution in [0.25, 0.3) is 0 Å². The first kappa shape index (κ1) is 15.9. The van der Waals surface area contributed by atoms with Crippen molar-refractivity contribution in [3.05, 3.63) is 59.7 Å². The Bertz CT molecular complexity index is 642. The van der Waals surface area contributed by atoms with Gasteiger partial charge in [0.25, 0.3) is 0 Å². The first-order valence-corrected chi connectivity index (χ1v) is 6.98. The number of phenols is 2. The molecule has 0 unspecified atom stereocenters. The maximum atomic E-state index is 12.3. The molecule has 0 radical (unpaired) electrons. The molecule has 0 aliphatic heterocycles. The molecule has 0 aromatic heterocycles. The van der Waals surface area contributed by atoms with Gasteiger partial charge in [0, 0.05) is 6.04 Å². The Balaban J connectivity index is 2.23. The number of nitrogens with one attached hydrogen (secondary N) is 1. The van der Waals surface area contributed by atoms with Gasteiger partial charge >= 0.3 is 5.97 Å². The lowest BCUT2D eigenvalue weighted by molar-refractivity contribution is 0.0219. The van der Waals surface area contributed by atoms with Crippen molar-refractivity contribution < 1.29 is 19.7 Å². The van der Waals surface area contributed by atoms with E-state index in [1.165, 1.54) is 18.2 Å². The number of ether oxygens (including phenoxy) is 1. The molecule has 3 N–H and O–H groups in total. The Hall–Kier alpha value is -2.53. The fourth-order valence-corrected chi connectivity index (χ4v) is 2.09. The van der Waals surface area contributed by atoms with E-state index in [9.17, 15) is 15.0 Å². The van der Waals surface area contributed by atoms with E-state index >= 15 is 0 Å². The van der Waals surface area contributed by atoms with E-state index in [0.717, 1.165) is 5.56 Å². The van der Waals surface area contributed by atoms with Crippen LogP contribution in [0.2, 0.25) is 0 Å². The Labute approximate surface area is 129 Å². The number of aromatic hydroxyl groups is 2. The molecule has 0 aliphatic rings. The van der Waals surface area contributed by atoms with Gasteiger partial charge in [-0.05, 0) is 37.7 Å². The predicted octanol–water partition coefficient (Wildman–Crippen LogP) is 2.60. The number of likely N-dealkylation sites (N-methyl/N-ethyl adjacent to an activating group) is 1. The summed E-state index contributed by atoms with van der Waals surface area (Å²) in [5.41, 5.74) is 1.06. The molecule has 22 heavy (non-hydrogen) atoms. The topological polar surface area (TPSA) is 78.8 Å². The van der Waals surface area contributed by atoms with Crippen LogP contribution in [-0.4, -0.2) is 29.3 Å². The summed E-state index contributed by atoms with van der Waals surface area (Å²) in [6.07, 6.45) is -0.463. The molecule has 2 aromatic carbocycles. The average Bonchev–Trinajstić information content (AvgIpc) is 2.55. The molecule has 5 nitrogen and oxygen atoms in total. The van der Waals surface area contributed by atoms with Crippen molar-refractivity contribution in [3.8, 4) is 11.5 Å². The molecule has 0 heterocycles. The molecule has 0 saturated heterocycles. The molecule has 116 valence electrons. The van der Waals surface area contributed by atoms with Gasteiger partial charge in [-0.2, -0.15) is 0 Å².